The minimum Gasteiger partial charge on any atom is -0.508 e. The van der Waals surface area contributed by atoms with Crippen LogP contribution < -0.4 is 15.4 Å². The van der Waals surface area contributed by atoms with Crippen molar-refractivity contribution in [1.29, 1.82) is 0 Å². The maximum atomic E-state index is 10.1. The van der Waals surface area contributed by atoms with Crippen molar-refractivity contribution in [2.24, 2.45) is 10.4 Å². The lowest BCUT2D eigenvalue weighted by Gasteiger charge is -2.54. The third-order valence-electron chi connectivity index (χ3n) is 6.20. The summed E-state index contributed by atoms with van der Waals surface area (Å²) in [7, 11) is 3.40. The van der Waals surface area contributed by atoms with Gasteiger partial charge in [-0.15, -0.1) is 0 Å². The van der Waals surface area contributed by atoms with Crippen molar-refractivity contribution in [1.82, 2.24) is 10.6 Å². The number of aromatic hydroxyl groups is 1. The normalized spacial score (nSPS) is 23.9. The van der Waals surface area contributed by atoms with E-state index in [-0.39, 0.29) is 11.2 Å². The van der Waals surface area contributed by atoms with Crippen LogP contribution in [0.1, 0.15) is 44.6 Å². The average Bonchev–Trinajstić information content (AvgIpc) is 3.20. The Morgan fingerprint density at radius 2 is 2.11 bits per heavy atom. The van der Waals surface area contributed by atoms with Crippen LogP contribution in [0.3, 0.4) is 0 Å². The molecule has 2 fully saturated rings. The van der Waals surface area contributed by atoms with Gasteiger partial charge in [0, 0.05) is 37.7 Å². The Balaban J connectivity index is 1.51. The molecular weight excluding hydrogens is 342 g/mol. The number of ether oxygens (including phenoxy) is 2. The largest absolute Gasteiger partial charge is 0.508 e. The topological polar surface area (TPSA) is 75.1 Å². The van der Waals surface area contributed by atoms with E-state index in [1.54, 1.807) is 20.2 Å². The standard InChI is InChI=1S/C21H33N3O3/c1-4-27-19-14-18(21(19)10-5-6-11-21)24-20(22-2)23-12-9-15-7-8-16(26-3)13-17(15)25/h7-8,13,18-19,25H,4-6,9-12,14H2,1-3H3,(H2,22,23,24). The lowest BCUT2D eigenvalue weighted by Crippen LogP contribution is -2.65. The van der Waals surface area contributed by atoms with Crippen molar-refractivity contribution < 1.29 is 14.6 Å². The lowest BCUT2D eigenvalue weighted by molar-refractivity contribution is -0.125. The SMILES string of the molecule is CCOC1CC(NC(=NC)NCCc2ccc(OC)cc2O)C12CCCC2. The van der Waals surface area contributed by atoms with Gasteiger partial charge in [0.15, 0.2) is 5.96 Å². The van der Waals surface area contributed by atoms with Crippen LogP contribution in [0.4, 0.5) is 0 Å². The summed E-state index contributed by atoms with van der Waals surface area (Å²) in [5.74, 6) is 1.76. The third-order valence-corrected chi connectivity index (χ3v) is 6.20. The summed E-state index contributed by atoms with van der Waals surface area (Å²) in [6, 6.07) is 5.85. The molecule has 2 aliphatic carbocycles. The van der Waals surface area contributed by atoms with Crippen LogP contribution in [-0.4, -0.2) is 50.5 Å². The molecule has 2 saturated carbocycles. The van der Waals surface area contributed by atoms with Crippen molar-refractivity contribution in [3.05, 3.63) is 23.8 Å². The highest BCUT2D eigenvalue weighted by Gasteiger charge is 2.56. The Morgan fingerprint density at radius 1 is 1.33 bits per heavy atom. The minimum atomic E-state index is 0.266. The molecule has 0 amide bonds. The number of aliphatic imine (C=N–C) groups is 1. The van der Waals surface area contributed by atoms with E-state index < -0.39 is 0 Å². The van der Waals surface area contributed by atoms with Crippen LogP contribution in [-0.2, 0) is 11.2 Å². The number of nitrogens with one attached hydrogen (secondary N) is 2. The molecule has 6 heteroatoms. The third kappa shape index (κ3) is 4.15. The van der Waals surface area contributed by atoms with Gasteiger partial charge in [0.1, 0.15) is 11.5 Å². The van der Waals surface area contributed by atoms with Gasteiger partial charge in [0.25, 0.3) is 0 Å². The van der Waals surface area contributed by atoms with E-state index in [2.05, 4.69) is 22.5 Å². The smallest absolute Gasteiger partial charge is 0.191 e. The zero-order valence-corrected chi connectivity index (χ0v) is 16.8. The fourth-order valence-electron chi connectivity index (χ4n) is 4.65. The zero-order valence-electron chi connectivity index (χ0n) is 16.8. The highest BCUT2D eigenvalue weighted by molar-refractivity contribution is 5.80. The molecule has 0 bridgehead atoms. The number of guanidine groups is 1. The van der Waals surface area contributed by atoms with Crippen LogP contribution in [0.15, 0.2) is 23.2 Å². The molecule has 0 aliphatic heterocycles. The van der Waals surface area contributed by atoms with E-state index in [9.17, 15) is 5.11 Å². The number of hydrogen-bond acceptors (Lipinski definition) is 4. The fourth-order valence-corrected chi connectivity index (χ4v) is 4.65. The number of phenolic OH excluding ortho intramolecular Hbond substituents is 1. The molecule has 6 nitrogen and oxygen atoms in total. The first-order valence-corrected chi connectivity index (χ1v) is 10.1. The Labute approximate surface area is 162 Å². The first-order chi connectivity index (χ1) is 13.1. The molecule has 3 N–H and O–H groups in total. The Hall–Kier alpha value is -1.95. The monoisotopic (exact) mass is 375 g/mol. The molecule has 1 spiro atoms. The van der Waals surface area contributed by atoms with Crippen LogP contribution in [0.5, 0.6) is 11.5 Å². The van der Waals surface area contributed by atoms with Gasteiger partial charge in [0.05, 0.1) is 13.2 Å². The van der Waals surface area contributed by atoms with E-state index in [1.807, 2.05) is 12.1 Å². The number of hydrogen-bond donors (Lipinski definition) is 3. The molecule has 2 atom stereocenters. The molecule has 1 aromatic carbocycles. The van der Waals surface area contributed by atoms with Crippen molar-refractivity contribution in [3.63, 3.8) is 0 Å². The summed E-state index contributed by atoms with van der Waals surface area (Å²) in [5, 5.41) is 17.1. The molecule has 0 aromatic heterocycles. The van der Waals surface area contributed by atoms with Gasteiger partial charge in [-0.3, -0.25) is 4.99 Å². The maximum Gasteiger partial charge on any atom is 0.191 e. The molecule has 1 aromatic rings. The first kappa shape index (κ1) is 19.8. The predicted octanol–water partition coefficient (Wildman–Crippen LogP) is 2.85. The second kappa shape index (κ2) is 8.83. The van der Waals surface area contributed by atoms with Crippen LogP contribution in [0.25, 0.3) is 0 Å². The summed E-state index contributed by atoms with van der Waals surface area (Å²) in [4.78, 5) is 4.39. The second-order valence-corrected chi connectivity index (χ2v) is 7.56. The molecule has 0 radical (unpaired) electrons. The Kier molecular flexibility index (Phi) is 6.47. The number of methoxy groups -OCH3 is 1. The summed E-state index contributed by atoms with van der Waals surface area (Å²) < 4.78 is 11.1. The molecular formula is C21H33N3O3. The van der Waals surface area contributed by atoms with Crippen molar-refractivity contribution in [2.75, 3.05) is 27.3 Å². The van der Waals surface area contributed by atoms with E-state index >= 15 is 0 Å². The van der Waals surface area contributed by atoms with Gasteiger partial charge in [-0.2, -0.15) is 0 Å². The van der Waals surface area contributed by atoms with Gasteiger partial charge in [-0.1, -0.05) is 18.9 Å². The van der Waals surface area contributed by atoms with Crippen LogP contribution in [0.2, 0.25) is 0 Å². The predicted molar refractivity (Wildman–Crippen MR) is 108 cm³/mol. The van der Waals surface area contributed by atoms with E-state index in [0.29, 0.717) is 30.9 Å². The number of phenols is 1. The minimum absolute atomic E-state index is 0.266. The van der Waals surface area contributed by atoms with Gasteiger partial charge in [-0.05, 0) is 44.2 Å². The Morgan fingerprint density at radius 3 is 2.74 bits per heavy atom. The summed E-state index contributed by atoms with van der Waals surface area (Å²) in [6.45, 7) is 3.57. The molecule has 2 unspecified atom stereocenters. The van der Waals surface area contributed by atoms with Crippen LogP contribution >= 0.6 is 0 Å². The number of nitrogens with zero attached hydrogens (tertiary/aromatic N) is 1. The quantitative estimate of drug-likeness (QED) is 0.505. The summed E-state index contributed by atoms with van der Waals surface area (Å²) >= 11 is 0. The summed E-state index contributed by atoms with van der Waals surface area (Å²) in [5.41, 5.74) is 1.17. The Bertz CT molecular complexity index is 656. The van der Waals surface area contributed by atoms with Gasteiger partial charge in [0.2, 0.25) is 0 Å². The van der Waals surface area contributed by atoms with Gasteiger partial charge in [-0.25, -0.2) is 0 Å². The zero-order chi connectivity index (χ0) is 19.3. The van der Waals surface area contributed by atoms with Crippen molar-refractivity contribution in [3.8, 4) is 11.5 Å². The number of benzene rings is 1. The van der Waals surface area contributed by atoms with Gasteiger partial charge >= 0.3 is 0 Å². The summed E-state index contributed by atoms with van der Waals surface area (Å²) in [6.07, 6.45) is 7.23. The van der Waals surface area contributed by atoms with Crippen molar-refractivity contribution in [2.45, 2.75) is 57.6 Å². The van der Waals surface area contributed by atoms with E-state index in [0.717, 1.165) is 24.6 Å². The molecule has 27 heavy (non-hydrogen) atoms. The lowest BCUT2D eigenvalue weighted by atomic mass is 9.60. The molecule has 0 heterocycles. The molecule has 3 rings (SSSR count). The van der Waals surface area contributed by atoms with E-state index in [4.69, 9.17) is 9.47 Å². The maximum absolute atomic E-state index is 10.1. The second-order valence-electron chi connectivity index (χ2n) is 7.56. The average molecular weight is 376 g/mol. The molecule has 150 valence electrons. The first-order valence-electron chi connectivity index (χ1n) is 10.1. The molecule has 2 aliphatic rings. The van der Waals surface area contributed by atoms with Crippen LogP contribution in [0, 0.1) is 5.41 Å². The number of rotatable bonds is 7. The highest BCUT2D eigenvalue weighted by atomic mass is 16.5. The fraction of sp³-hybridized carbons (Fsp3) is 0.667. The molecule has 0 saturated heterocycles. The van der Waals surface area contributed by atoms with Crippen molar-refractivity contribution >= 4 is 5.96 Å². The van der Waals surface area contributed by atoms with E-state index in [1.165, 1.54) is 25.7 Å². The van der Waals surface area contributed by atoms with Gasteiger partial charge < -0.3 is 25.2 Å². The highest BCUT2D eigenvalue weighted by Crippen LogP contribution is 2.54.